The van der Waals surface area contributed by atoms with Gasteiger partial charge in [-0.1, -0.05) is 12.8 Å². The summed E-state index contributed by atoms with van der Waals surface area (Å²) in [6.45, 7) is 0.759. The second-order valence-corrected chi connectivity index (χ2v) is 6.47. The lowest BCUT2D eigenvalue weighted by Crippen LogP contribution is -2.39. The van der Waals surface area contributed by atoms with Crippen molar-refractivity contribution in [1.82, 2.24) is 5.32 Å². The Labute approximate surface area is 131 Å². The molecule has 0 aliphatic heterocycles. The quantitative estimate of drug-likeness (QED) is 0.845. The number of thioether (sulfide) groups is 1. The number of hydrogen-bond donors (Lipinski definition) is 2. The minimum absolute atomic E-state index is 0.0587. The van der Waals surface area contributed by atoms with Gasteiger partial charge >= 0.3 is 0 Å². The van der Waals surface area contributed by atoms with Crippen LogP contribution in [0.2, 0.25) is 0 Å². The van der Waals surface area contributed by atoms with E-state index in [0.29, 0.717) is 22.8 Å². The highest BCUT2D eigenvalue weighted by molar-refractivity contribution is 7.99. The standard InChI is InChI=1S/C16H25NO3S/c1-19-13-8-11(9-14(20-2)16(13)18)10-17-12-6-4-5-7-15(12)21-3/h8-9,12,15,17-18H,4-7,10H2,1-3H3. The highest BCUT2D eigenvalue weighted by atomic mass is 32.2. The molecule has 2 atom stereocenters. The van der Waals surface area contributed by atoms with Gasteiger partial charge in [0.2, 0.25) is 5.75 Å². The Morgan fingerprint density at radius 1 is 1.19 bits per heavy atom. The zero-order valence-electron chi connectivity index (χ0n) is 13.0. The van der Waals surface area contributed by atoms with Crippen LogP contribution in [0.3, 0.4) is 0 Å². The molecule has 1 aromatic rings. The Morgan fingerprint density at radius 3 is 2.38 bits per heavy atom. The molecule has 0 spiro atoms. The molecule has 2 unspecified atom stereocenters. The number of benzene rings is 1. The predicted molar refractivity (Wildman–Crippen MR) is 87.6 cm³/mol. The minimum Gasteiger partial charge on any atom is -0.502 e. The third-order valence-electron chi connectivity index (χ3n) is 4.11. The Balaban J connectivity index is 2.05. The summed E-state index contributed by atoms with van der Waals surface area (Å²) in [7, 11) is 3.10. The summed E-state index contributed by atoms with van der Waals surface area (Å²) in [5, 5.41) is 14.3. The minimum atomic E-state index is 0.0587. The average Bonchev–Trinajstić information content (AvgIpc) is 2.54. The topological polar surface area (TPSA) is 50.7 Å². The SMILES string of the molecule is COc1cc(CNC2CCCCC2SC)cc(OC)c1O. The van der Waals surface area contributed by atoms with Gasteiger partial charge in [-0.2, -0.15) is 11.8 Å². The molecule has 0 aromatic heterocycles. The molecule has 0 heterocycles. The van der Waals surface area contributed by atoms with E-state index in [1.807, 2.05) is 23.9 Å². The molecule has 0 saturated heterocycles. The fourth-order valence-electron chi connectivity index (χ4n) is 2.91. The van der Waals surface area contributed by atoms with Gasteiger partial charge in [-0.3, -0.25) is 0 Å². The number of phenolic OH excluding ortho intramolecular Hbond substituents is 1. The van der Waals surface area contributed by atoms with Crippen molar-refractivity contribution in [1.29, 1.82) is 0 Å². The number of nitrogens with one attached hydrogen (secondary N) is 1. The summed E-state index contributed by atoms with van der Waals surface area (Å²) in [5.41, 5.74) is 1.06. The summed E-state index contributed by atoms with van der Waals surface area (Å²) < 4.78 is 10.4. The molecule has 1 saturated carbocycles. The van der Waals surface area contributed by atoms with Gasteiger partial charge in [0.05, 0.1) is 14.2 Å². The third-order valence-corrected chi connectivity index (χ3v) is 5.28. The predicted octanol–water partition coefficient (Wildman–Crippen LogP) is 3.17. The van der Waals surface area contributed by atoms with Gasteiger partial charge in [-0.15, -0.1) is 0 Å². The smallest absolute Gasteiger partial charge is 0.200 e. The summed E-state index contributed by atoms with van der Waals surface area (Å²) in [6, 6.07) is 4.28. The van der Waals surface area contributed by atoms with Gasteiger partial charge in [0.15, 0.2) is 11.5 Å². The lowest BCUT2D eigenvalue weighted by atomic mass is 9.94. The van der Waals surface area contributed by atoms with Crippen LogP contribution in [-0.4, -0.2) is 36.9 Å². The number of hydrogen-bond acceptors (Lipinski definition) is 5. The van der Waals surface area contributed by atoms with Gasteiger partial charge < -0.3 is 19.9 Å². The van der Waals surface area contributed by atoms with Crippen LogP contribution < -0.4 is 14.8 Å². The van der Waals surface area contributed by atoms with Gasteiger partial charge in [-0.05, 0) is 36.8 Å². The number of methoxy groups -OCH3 is 2. The molecule has 0 bridgehead atoms. The summed E-state index contributed by atoms with van der Waals surface area (Å²) in [4.78, 5) is 0. The molecular weight excluding hydrogens is 286 g/mol. The molecule has 4 nitrogen and oxygen atoms in total. The van der Waals surface area contributed by atoms with Crippen molar-refractivity contribution in [3.8, 4) is 17.2 Å². The van der Waals surface area contributed by atoms with Crippen molar-refractivity contribution >= 4 is 11.8 Å². The molecule has 1 aliphatic carbocycles. The van der Waals surface area contributed by atoms with Gasteiger partial charge in [0.1, 0.15) is 0 Å². The summed E-state index contributed by atoms with van der Waals surface area (Å²) >= 11 is 1.95. The van der Waals surface area contributed by atoms with Crippen molar-refractivity contribution in [3.05, 3.63) is 17.7 Å². The molecular formula is C16H25NO3S. The molecule has 5 heteroatoms. The largest absolute Gasteiger partial charge is 0.502 e. The Hall–Kier alpha value is -1.07. The molecule has 118 valence electrons. The van der Waals surface area contributed by atoms with E-state index in [1.54, 1.807) is 14.2 Å². The maximum Gasteiger partial charge on any atom is 0.200 e. The number of phenols is 1. The number of rotatable bonds is 6. The van der Waals surface area contributed by atoms with Crippen LogP contribution in [0.15, 0.2) is 12.1 Å². The van der Waals surface area contributed by atoms with Crippen molar-refractivity contribution in [3.63, 3.8) is 0 Å². The monoisotopic (exact) mass is 311 g/mol. The maximum absolute atomic E-state index is 9.94. The Kier molecular flexibility index (Phi) is 6.06. The van der Waals surface area contributed by atoms with Crippen LogP contribution >= 0.6 is 11.8 Å². The van der Waals surface area contributed by atoms with E-state index in [1.165, 1.54) is 25.7 Å². The normalized spacial score (nSPS) is 22.0. The zero-order chi connectivity index (χ0) is 15.2. The molecule has 21 heavy (non-hydrogen) atoms. The van der Waals surface area contributed by atoms with Crippen LogP contribution in [0, 0.1) is 0 Å². The van der Waals surface area contributed by atoms with Crippen molar-refractivity contribution in [2.45, 2.75) is 43.5 Å². The van der Waals surface area contributed by atoms with Crippen LogP contribution in [0.5, 0.6) is 17.2 Å². The molecule has 2 rings (SSSR count). The van der Waals surface area contributed by atoms with Crippen LogP contribution in [0.4, 0.5) is 0 Å². The Bertz CT molecular complexity index is 442. The molecule has 2 N–H and O–H groups in total. The molecule has 0 amide bonds. The van der Waals surface area contributed by atoms with Crippen molar-refractivity contribution in [2.75, 3.05) is 20.5 Å². The van der Waals surface area contributed by atoms with E-state index < -0.39 is 0 Å². The second kappa shape index (κ2) is 7.80. The zero-order valence-corrected chi connectivity index (χ0v) is 13.8. The van der Waals surface area contributed by atoms with E-state index in [9.17, 15) is 5.11 Å². The van der Waals surface area contributed by atoms with Crippen LogP contribution in [0.25, 0.3) is 0 Å². The first-order valence-corrected chi connectivity index (χ1v) is 8.68. The molecule has 1 aromatic carbocycles. The van der Waals surface area contributed by atoms with Crippen molar-refractivity contribution < 1.29 is 14.6 Å². The summed E-state index contributed by atoms with van der Waals surface area (Å²) in [5.74, 6) is 0.968. The van der Waals surface area contributed by atoms with Crippen LogP contribution in [0.1, 0.15) is 31.2 Å². The first-order chi connectivity index (χ1) is 10.2. The average molecular weight is 311 g/mol. The van der Waals surface area contributed by atoms with Crippen LogP contribution in [-0.2, 0) is 6.54 Å². The van der Waals surface area contributed by atoms with Gasteiger partial charge in [-0.25, -0.2) is 0 Å². The van der Waals surface area contributed by atoms with Crippen molar-refractivity contribution in [2.24, 2.45) is 0 Å². The van der Waals surface area contributed by atoms with Gasteiger partial charge in [0.25, 0.3) is 0 Å². The van der Waals surface area contributed by atoms with E-state index in [0.717, 1.165) is 12.1 Å². The fourth-order valence-corrected chi connectivity index (χ4v) is 3.87. The number of ether oxygens (including phenoxy) is 2. The van der Waals surface area contributed by atoms with E-state index in [2.05, 4.69) is 11.6 Å². The van der Waals surface area contributed by atoms with E-state index in [-0.39, 0.29) is 5.75 Å². The maximum atomic E-state index is 9.94. The molecule has 1 fully saturated rings. The molecule has 1 aliphatic rings. The second-order valence-electron chi connectivity index (χ2n) is 5.39. The summed E-state index contributed by atoms with van der Waals surface area (Å²) in [6.07, 6.45) is 7.36. The van der Waals surface area contributed by atoms with E-state index >= 15 is 0 Å². The van der Waals surface area contributed by atoms with E-state index in [4.69, 9.17) is 9.47 Å². The molecule has 0 radical (unpaired) electrons. The number of aromatic hydroxyl groups is 1. The highest BCUT2D eigenvalue weighted by Gasteiger charge is 2.23. The lowest BCUT2D eigenvalue weighted by Gasteiger charge is -2.31. The fraction of sp³-hybridized carbons (Fsp3) is 0.625. The third kappa shape index (κ3) is 3.98. The van der Waals surface area contributed by atoms with Gasteiger partial charge in [0, 0.05) is 17.8 Å². The first-order valence-electron chi connectivity index (χ1n) is 7.39. The highest BCUT2D eigenvalue weighted by Crippen LogP contribution is 2.37. The Morgan fingerprint density at radius 2 is 1.81 bits per heavy atom. The lowest BCUT2D eigenvalue weighted by molar-refractivity contribution is 0.338. The first kappa shape index (κ1) is 16.3.